The Hall–Kier alpha value is -3.27. The third kappa shape index (κ3) is 5.11. The van der Waals surface area contributed by atoms with E-state index in [1.54, 1.807) is 30.3 Å². The van der Waals surface area contributed by atoms with Gasteiger partial charge in [0, 0.05) is 0 Å². The molecule has 4 heteroatoms. The van der Waals surface area contributed by atoms with Gasteiger partial charge in [0.15, 0.2) is 0 Å². The van der Waals surface area contributed by atoms with E-state index in [1.807, 2.05) is 57.2 Å². The molecule has 0 saturated carbocycles. The summed E-state index contributed by atoms with van der Waals surface area (Å²) in [6.07, 6.45) is 0. The van der Waals surface area contributed by atoms with Crippen LogP contribution in [-0.4, -0.2) is 12.8 Å². The molecule has 3 aromatic rings. The van der Waals surface area contributed by atoms with Gasteiger partial charge in [0.25, 0.3) is 0 Å². The van der Waals surface area contributed by atoms with Gasteiger partial charge in [-0.1, -0.05) is 35.4 Å². The number of carbonyl (C=O) groups excluding carboxylic acids is 1. The summed E-state index contributed by atoms with van der Waals surface area (Å²) in [6, 6.07) is 20.3. The SMILES string of the molecule is Cc1ccc(OCOc2ccc(OC(=O)c3ccc(C)cc3)cc2C)cc1. The standard InChI is InChI=1S/C23H22O4/c1-16-4-8-19(9-5-16)23(24)27-21-12-13-22(18(3)14-21)26-15-25-20-10-6-17(2)7-11-20/h4-14H,15H2,1-3H3. The Bertz CT molecular complexity index is 912. The van der Waals surface area contributed by atoms with E-state index in [1.165, 1.54) is 5.56 Å². The maximum absolute atomic E-state index is 12.2. The smallest absolute Gasteiger partial charge is 0.343 e. The summed E-state index contributed by atoms with van der Waals surface area (Å²) < 4.78 is 16.7. The molecular formula is C23H22O4. The van der Waals surface area contributed by atoms with Gasteiger partial charge < -0.3 is 14.2 Å². The zero-order valence-corrected chi connectivity index (χ0v) is 15.7. The number of rotatable bonds is 6. The number of hydrogen-bond acceptors (Lipinski definition) is 4. The molecule has 4 nitrogen and oxygen atoms in total. The van der Waals surface area contributed by atoms with Crippen LogP contribution in [0.2, 0.25) is 0 Å². The quantitative estimate of drug-likeness (QED) is 0.341. The molecule has 0 radical (unpaired) electrons. The Morgan fingerprint density at radius 2 is 1.33 bits per heavy atom. The zero-order valence-electron chi connectivity index (χ0n) is 15.7. The van der Waals surface area contributed by atoms with Gasteiger partial charge in [-0.25, -0.2) is 4.79 Å². The van der Waals surface area contributed by atoms with Crippen molar-refractivity contribution in [3.05, 3.63) is 89.0 Å². The van der Waals surface area contributed by atoms with Gasteiger partial charge in [-0.3, -0.25) is 0 Å². The van der Waals surface area contributed by atoms with Crippen molar-refractivity contribution in [3.8, 4) is 17.2 Å². The molecule has 3 aromatic carbocycles. The van der Waals surface area contributed by atoms with Crippen molar-refractivity contribution in [2.24, 2.45) is 0 Å². The van der Waals surface area contributed by atoms with Crippen LogP contribution >= 0.6 is 0 Å². The van der Waals surface area contributed by atoms with Gasteiger partial charge >= 0.3 is 5.97 Å². The van der Waals surface area contributed by atoms with Crippen LogP contribution in [-0.2, 0) is 0 Å². The van der Waals surface area contributed by atoms with Crippen molar-refractivity contribution in [3.63, 3.8) is 0 Å². The molecule has 27 heavy (non-hydrogen) atoms. The summed E-state index contributed by atoms with van der Waals surface area (Å²) in [5.41, 5.74) is 3.65. The molecule has 0 bridgehead atoms. The molecule has 138 valence electrons. The van der Waals surface area contributed by atoms with Crippen molar-refractivity contribution >= 4 is 5.97 Å². The average Bonchev–Trinajstić information content (AvgIpc) is 2.65. The molecule has 0 saturated heterocycles. The van der Waals surface area contributed by atoms with E-state index in [9.17, 15) is 4.79 Å². The molecule has 0 spiro atoms. The monoisotopic (exact) mass is 362 g/mol. The second kappa shape index (κ2) is 8.41. The van der Waals surface area contributed by atoms with Crippen LogP contribution in [0.15, 0.2) is 66.7 Å². The Labute approximate surface area is 159 Å². The number of esters is 1. The Kier molecular flexibility index (Phi) is 5.77. The lowest BCUT2D eigenvalue weighted by molar-refractivity contribution is 0.0734. The summed E-state index contributed by atoms with van der Waals surface area (Å²) in [6.45, 7) is 5.99. The molecule has 0 heterocycles. The molecule has 0 aliphatic carbocycles. The largest absolute Gasteiger partial charge is 0.458 e. The molecule has 0 atom stereocenters. The topological polar surface area (TPSA) is 44.8 Å². The third-order valence-corrected chi connectivity index (χ3v) is 4.11. The van der Waals surface area contributed by atoms with Gasteiger partial charge in [-0.15, -0.1) is 0 Å². The van der Waals surface area contributed by atoms with Crippen LogP contribution in [0.3, 0.4) is 0 Å². The summed E-state index contributed by atoms with van der Waals surface area (Å²) in [7, 11) is 0. The van der Waals surface area contributed by atoms with E-state index in [0.717, 1.165) is 16.9 Å². The van der Waals surface area contributed by atoms with Crippen LogP contribution < -0.4 is 14.2 Å². The molecule has 3 rings (SSSR count). The highest BCUT2D eigenvalue weighted by Crippen LogP contribution is 2.24. The van der Waals surface area contributed by atoms with E-state index < -0.39 is 0 Å². The maximum atomic E-state index is 12.2. The molecule has 0 aliphatic heterocycles. The van der Waals surface area contributed by atoms with Crippen LogP contribution in [0.4, 0.5) is 0 Å². The zero-order chi connectivity index (χ0) is 19.2. The summed E-state index contributed by atoms with van der Waals surface area (Å²) >= 11 is 0. The molecule has 0 amide bonds. The maximum Gasteiger partial charge on any atom is 0.343 e. The second-order valence-corrected chi connectivity index (χ2v) is 6.40. The number of hydrogen-bond donors (Lipinski definition) is 0. The minimum Gasteiger partial charge on any atom is -0.458 e. The summed E-state index contributed by atoms with van der Waals surface area (Å²) in [4.78, 5) is 12.2. The van der Waals surface area contributed by atoms with E-state index in [0.29, 0.717) is 17.1 Å². The van der Waals surface area contributed by atoms with Gasteiger partial charge in [0.1, 0.15) is 17.2 Å². The lowest BCUT2D eigenvalue weighted by Crippen LogP contribution is -2.09. The third-order valence-electron chi connectivity index (χ3n) is 4.11. The van der Waals surface area contributed by atoms with E-state index in [2.05, 4.69) is 0 Å². The molecular weight excluding hydrogens is 340 g/mol. The normalized spacial score (nSPS) is 10.3. The predicted octanol–water partition coefficient (Wildman–Crippen LogP) is 5.25. The lowest BCUT2D eigenvalue weighted by atomic mass is 10.1. The highest BCUT2D eigenvalue weighted by atomic mass is 16.7. The number of aryl methyl sites for hydroxylation is 3. The number of ether oxygens (including phenoxy) is 3. The fraction of sp³-hybridized carbons (Fsp3) is 0.174. The predicted molar refractivity (Wildman–Crippen MR) is 105 cm³/mol. The Morgan fingerprint density at radius 3 is 1.96 bits per heavy atom. The van der Waals surface area contributed by atoms with Crippen molar-refractivity contribution in [1.29, 1.82) is 0 Å². The van der Waals surface area contributed by atoms with Crippen molar-refractivity contribution in [1.82, 2.24) is 0 Å². The average molecular weight is 362 g/mol. The van der Waals surface area contributed by atoms with E-state index in [4.69, 9.17) is 14.2 Å². The second-order valence-electron chi connectivity index (χ2n) is 6.40. The van der Waals surface area contributed by atoms with Crippen molar-refractivity contribution in [2.75, 3.05) is 6.79 Å². The van der Waals surface area contributed by atoms with Crippen molar-refractivity contribution in [2.45, 2.75) is 20.8 Å². The molecule has 0 N–H and O–H groups in total. The molecule has 0 unspecified atom stereocenters. The van der Waals surface area contributed by atoms with Gasteiger partial charge in [0.2, 0.25) is 6.79 Å². The van der Waals surface area contributed by atoms with Crippen LogP contribution in [0, 0.1) is 20.8 Å². The minimum absolute atomic E-state index is 0.104. The van der Waals surface area contributed by atoms with Crippen LogP contribution in [0.5, 0.6) is 17.2 Å². The first-order chi connectivity index (χ1) is 13.0. The Morgan fingerprint density at radius 1 is 0.741 bits per heavy atom. The fourth-order valence-electron chi connectivity index (χ4n) is 2.50. The number of benzene rings is 3. The van der Waals surface area contributed by atoms with Crippen LogP contribution in [0.1, 0.15) is 27.0 Å². The number of carbonyl (C=O) groups is 1. The van der Waals surface area contributed by atoms with Crippen molar-refractivity contribution < 1.29 is 19.0 Å². The molecule has 0 aromatic heterocycles. The fourth-order valence-corrected chi connectivity index (χ4v) is 2.50. The first kappa shape index (κ1) is 18.5. The summed E-state index contributed by atoms with van der Waals surface area (Å²) in [5, 5.41) is 0. The van der Waals surface area contributed by atoms with Crippen LogP contribution in [0.25, 0.3) is 0 Å². The Balaban J connectivity index is 1.57. The van der Waals surface area contributed by atoms with Gasteiger partial charge in [0.05, 0.1) is 5.56 Å². The summed E-state index contributed by atoms with van der Waals surface area (Å²) in [5.74, 6) is 1.52. The van der Waals surface area contributed by atoms with Gasteiger partial charge in [-0.2, -0.15) is 0 Å². The first-order valence-electron chi connectivity index (χ1n) is 8.73. The highest BCUT2D eigenvalue weighted by molar-refractivity contribution is 5.91. The van der Waals surface area contributed by atoms with E-state index >= 15 is 0 Å². The molecule has 0 aliphatic rings. The van der Waals surface area contributed by atoms with Gasteiger partial charge in [-0.05, 0) is 68.8 Å². The lowest BCUT2D eigenvalue weighted by Gasteiger charge is -2.12. The first-order valence-corrected chi connectivity index (χ1v) is 8.73. The molecule has 0 fully saturated rings. The highest BCUT2D eigenvalue weighted by Gasteiger charge is 2.10. The minimum atomic E-state index is -0.384. The van der Waals surface area contributed by atoms with E-state index in [-0.39, 0.29) is 12.8 Å².